The minimum absolute atomic E-state index is 0.426. The van der Waals surface area contributed by atoms with E-state index in [2.05, 4.69) is 16.9 Å². The van der Waals surface area contributed by atoms with Crippen molar-refractivity contribution in [2.45, 2.75) is 96.8 Å². The number of nitrogens with one attached hydrogen (secondary N) is 1. The van der Waals surface area contributed by atoms with Crippen molar-refractivity contribution in [2.75, 3.05) is 0 Å². The van der Waals surface area contributed by atoms with Gasteiger partial charge in [-0.3, -0.25) is 4.79 Å². The van der Waals surface area contributed by atoms with E-state index in [0.29, 0.717) is 5.56 Å². The Morgan fingerprint density at radius 3 is 2.00 bits per heavy atom. The number of hydrogen-bond acceptors (Lipinski definition) is 2. The molecule has 0 aliphatic carbocycles. The van der Waals surface area contributed by atoms with Gasteiger partial charge in [-0.2, -0.15) is 0 Å². The minimum Gasteiger partial charge on any atom is -0.342 e. The highest BCUT2D eigenvalue weighted by molar-refractivity contribution is 6.67. The van der Waals surface area contributed by atoms with Crippen LogP contribution in [0.2, 0.25) is 0 Å². The normalized spacial score (nSPS) is 11.3. The smallest absolute Gasteiger partial charge is 0.252 e. The number of nitrogens with zero attached hydrogens (tertiary/aromatic N) is 1. The average molecular weight is 391 g/mol. The first kappa shape index (κ1) is 21.9. The summed E-state index contributed by atoms with van der Waals surface area (Å²) in [5.74, 6) is 1.01. The summed E-state index contributed by atoms with van der Waals surface area (Å²) in [6, 6.07) is 5.37. The summed E-state index contributed by atoms with van der Waals surface area (Å²) in [4.78, 5) is 19.1. The van der Waals surface area contributed by atoms with Crippen molar-refractivity contribution in [1.29, 1.82) is 0 Å². The van der Waals surface area contributed by atoms with E-state index >= 15 is 0 Å². The van der Waals surface area contributed by atoms with Crippen LogP contribution in [-0.4, -0.2) is 15.2 Å². The number of rotatable bonds is 15. The van der Waals surface area contributed by atoms with Crippen LogP contribution < -0.4 is 0 Å². The van der Waals surface area contributed by atoms with E-state index in [1.807, 2.05) is 6.07 Å². The lowest BCUT2D eigenvalue weighted by Crippen LogP contribution is -1.89. The first-order chi connectivity index (χ1) is 13.2. The van der Waals surface area contributed by atoms with Gasteiger partial charge in [0.2, 0.25) is 0 Å². The number of unbranched alkanes of at least 4 members (excludes halogenated alkanes) is 12. The Morgan fingerprint density at radius 1 is 0.889 bits per heavy atom. The molecule has 0 radical (unpaired) electrons. The van der Waals surface area contributed by atoms with Gasteiger partial charge in [0.25, 0.3) is 5.24 Å². The van der Waals surface area contributed by atoms with Crippen molar-refractivity contribution in [1.82, 2.24) is 9.97 Å². The van der Waals surface area contributed by atoms with Gasteiger partial charge in [0, 0.05) is 12.0 Å². The number of hydrogen-bond donors (Lipinski definition) is 1. The van der Waals surface area contributed by atoms with Crippen molar-refractivity contribution in [3.63, 3.8) is 0 Å². The van der Waals surface area contributed by atoms with Gasteiger partial charge in [0.05, 0.1) is 11.0 Å². The van der Waals surface area contributed by atoms with E-state index < -0.39 is 5.24 Å². The lowest BCUT2D eigenvalue weighted by molar-refractivity contribution is 0.108. The van der Waals surface area contributed by atoms with E-state index in [0.717, 1.165) is 23.3 Å². The Bertz CT molecular complexity index is 680. The molecule has 0 spiro atoms. The van der Waals surface area contributed by atoms with E-state index in [4.69, 9.17) is 11.6 Å². The number of H-pyrrole nitrogens is 1. The highest BCUT2D eigenvalue weighted by atomic mass is 35.5. The maximum absolute atomic E-state index is 11.2. The molecule has 4 heteroatoms. The molecular weight excluding hydrogens is 356 g/mol. The average Bonchev–Trinajstić information content (AvgIpc) is 3.07. The van der Waals surface area contributed by atoms with E-state index in [1.165, 1.54) is 83.5 Å². The fraction of sp³-hybridized carbons (Fsp3) is 0.652. The van der Waals surface area contributed by atoms with Crippen LogP contribution >= 0.6 is 11.6 Å². The Labute approximate surface area is 169 Å². The monoisotopic (exact) mass is 390 g/mol. The lowest BCUT2D eigenvalue weighted by Gasteiger charge is -2.02. The third-order valence-corrected chi connectivity index (χ3v) is 5.49. The number of benzene rings is 1. The molecule has 150 valence electrons. The zero-order chi connectivity index (χ0) is 19.3. The predicted octanol–water partition coefficient (Wildman–Crippen LogP) is 7.58. The fourth-order valence-corrected chi connectivity index (χ4v) is 3.73. The molecule has 0 aliphatic rings. The van der Waals surface area contributed by atoms with Crippen LogP contribution in [0.25, 0.3) is 11.0 Å². The molecule has 0 fully saturated rings. The quantitative estimate of drug-likeness (QED) is 0.251. The second-order valence-corrected chi connectivity index (χ2v) is 8.03. The highest BCUT2D eigenvalue weighted by Gasteiger charge is 2.07. The molecule has 0 amide bonds. The van der Waals surface area contributed by atoms with E-state index in [-0.39, 0.29) is 0 Å². The second-order valence-electron chi connectivity index (χ2n) is 7.68. The Hall–Kier alpha value is -1.35. The maximum atomic E-state index is 11.2. The zero-order valence-corrected chi connectivity index (χ0v) is 17.6. The molecule has 0 saturated carbocycles. The number of imidazole rings is 1. The summed E-state index contributed by atoms with van der Waals surface area (Å²) in [6.45, 7) is 2.28. The number of carbonyl (C=O) groups excluding carboxylic acids is 1. The number of aromatic nitrogens is 2. The SMILES string of the molecule is CCCCCCCCCCCCCCCc1nc2ccc(C(=O)Cl)cc2[nH]1. The summed E-state index contributed by atoms with van der Waals surface area (Å²) < 4.78 is 0. The molecule has 0 aliphatic heterocycles. The molecule has 1 heterocycles. The predicted molar refractivity (Wildman–Crippen MR) is 116 cm³/mol. The van der Waals surface area contributed by atoms with E-state index in [9.17, 15) is 4.79 Å². The molecule has 27 heavy (non-hydrogen) atoms. The Kier molecular flexibility index (Phi) is 10.5. The molecule has 1 aromatic heterocycles. The van der Waals surface area contributed by atoms with Crippen LogP contribution in [0, 0.1) is 0 Å². The molecule has 0 bridgehead atoms. The van der Waals surface area contributed by atoms with Gasteiger partial charge >= 0.3 is 0 Å². The first-order valence-corrected chi connectivity index (χ1v) is 11.3. The summed E-state index contributed by atoms with van der Waals surface area (Å²) in [6.07, 6.45) is 18.7. The molecule has 2 rings (SSSR count). The number of aromatic amines is 1. The van der Waals surface area contributed by atoms with Gasteiger partial charge in [-0.15, -0.1) is 0 Å². The number of fused-ring (bicyclic) bond motifs is 1. The Balaban J connectivity index is 1.50. The van der Waals surface area contributed by atoms with Gasteiger partial charge in [-0.1, -0.05) is 84.0 Å². The van der Waals surface area contributed by atoms with Crippen molar-refractivity contribution in [3.8, 4) is 0 Å². The van der Waals surface area contributed by atoms with Gasteiger partial charge in [0.15, 0.2) is 0 Å². The molecule has 1 aromatic carbocycles. The largest absolute Gasteiger partial charge is 0.342 e. The van der Waals surface area contributed by atoms with Gasteiger partial charge in [-0.25, -0.2) is 4.98 Å². The second kappa shape index (κ2) is 12.9. The third kappa shape index (κ3) is 8.47. The summed E-state index contributed by atoms with van der Waals surface area (Å²) in [7, 11) is 0. The molecule has 2 aromatic rings. The summed E-state index contributed by atoms with van der Waals surface area (Å²) in [5, 5.41) is -0.426. The standard InChI is InChI=1S/C23H35ClN2O/c1-2-3-4-5-6-7-8-9-10-11-12-13-14-15-22-25-20-17-16-19(23(24)27)18-21(20)26-22/h16-18H,2-15H2,1H3,(H,25,26). The topological polar surface area (TPSA) is 45.8 Å². The van der Waals surface area contributed by atoms with Gasteiger partial charge in [-0.05, 0) is 36.2 Å². The van der Waals surface area contributed by atoms with Gasteiger partial charge < -0.3 is 4.98 Å². The minimum atomic E-state index is -0.426. The molecule has 0 atom stereocenters. The summed E-state index contributed by atoms with van der Waals surface area (Å²) >= 11 is 5.53. The van der Waals surface area contributed by atoms with Crippen LogP contribution in [-0.2, 0) is 6.42 Å². The lowest BCUT2D eigenvalue weighted by atomic mass is 10.0. The van der Waals surface area contributed by atoms with Crippen LogP contribution in [0.3, 0.4) is 0 Å². The highest BCUT2D eigenvalue weighted by Crippen LogP contribution is 2.17. The first-order valence-electron chi connectivity index (χ1n) is 10.9. The third-order valence-electron chi connectivity index (χ3n) is 5.28. The van der Waals surface area contributed by atoms with E-state index in [1.54, 1.807) is 12.1 Å². The van der Waals surface area contributed by atoms with Gasteiger partial charge in [0.1, 0.15) is 5.82 Å². The number of halogens is 1. The zero-order valence-electron chi connectivity index (χ0n) is 16.9. The van der Waals surface area contributed by atoms with Crippen LogP contribution in [0.5, 0.6) is 0 Å². The molecular formula is C23H35ClN2O. The molecule has 0 unspecified atom stereocenters. The van der Waals surface area contributed by atoms with Crippen molar-refractivity contribution in [2.24, 2.45) is 0 Å². The number of aryl methyl sites for hydroxylation is 1. The summed E-state index contributed by atoms with van der Waals surface area (Å²) in [5.41, 5.74) is 2.31. The fourth-order valence-electron chi connectivity index (χ4n) is 3.61. The van der Waals surface area contributed by atoms with Crippen molar-refractivity contribution in [3.05, 3.63) is 29.6 Å². The van der Waals surface area contributed by atoms with Crippen LogP contribution in [0.1, 0.15) is 107 Å². The molecule has 1 N–H and O–H groups in total. The maximum Gasteiger partial charge on any atom is 0.252 e. The molecule has 3 nitrogen and oxygen atoms in total. The number of carbonyl (C=O) groups is 1. The van der Waals surface area contributed by atoms with Crippen LogP contribution in [0.15, 0.2) is 18.2 Å². The Morgan fingerprint density at radius 2 is 1.44 bits per heavy atom. The molecule has 0 saturated heterocycles. The van der Waals surface area contributed by atoms with Crippen molar-refractivity contribution >= 4 is 27.9 Å². The van der Waals surface area contributed by atoms with Crippen LogP contribution in [0.4, 0.5) is 0 Å². The van der Waals surface area contributed by atoms with Crippen molar-refractivity contribution < 1.29 is 4.79 Å².